The molecule has 0 aliphatic carbocycles. The number of hydrogen-bond donors (Lipinski definition) is 2. The first-order valence-electron chi connectivity index (χ1n) is 18.8. The second kappa shape index (κ2) is 27.3. The van der Waals surface area contributed by atoms with Crippen LogP contribution >= 0.6 is 0 Å². The number of aryl methyl sites for hydroxylation is 1. The summed E-state index contributed by atoms with van der Waals surface area (Å²) in [5, 5.41) is 28.2. The van der Waals surface area contributed by atoms with Gasteiger partial charge in [-0.25, -0.2) is 17.9 Å². The van der Waals surface area contributed by atoms with E-state index in [1.807, 2.05) is 6.20 Å². The van der Waals surface area contributed by atoms with E-state index >= 15 is 0 Å². The van der Waals surface area contributed by atoms with Gasteiger partial charge < -0.3 is 57.6 Å². The highest BCUT2D eigenvalue weighted by molar-refractivity contribution is 5.72. The lowest BCUT2D eigenvalue weighted by molar-refractivity contribution is -0.261. The van der Waals surface area contributed by atoms with Gasteiger partial charge in [0.05, 0.1) is 117 Å². The molecule has 1 saturated heterocycles. The van der Waals surface area contributed by atoms with Crippen LogP contribution in [-0.2, 0) is 65.2 Å². The third-order valence-electron chi connectivity index (χ3n) is 8.06. The molecular formula is C36H52F5N3O14. The van der Waals surface area contributed by atoms with Crippen LogP contribution in [0.5, 0.6) is 5.75 Å². The van der Waals surface area contributed by atoms with Gasteiger partial charge in [0.2, 0.25) is 34.8 Å². The van der Waals surface area contributed by atoms with E-state index in [1.165, 1.54) is 0 Å². The average Bonchev–Trinajstić information content (AvgIpc) is 3.67. The zero-order valence-electron chi connectivity index (χ0n) is 32.4. The topological polar surface area (TPSA) is 198 Å². The van der Waals surface area contributed by atoms with Crippen molar-refractivity contribution in [1.82, 2.24) is 15.0 Å². The Kier molecular flexibility index (Phi) is 23.1. The number of nitrogens with zero attached hydrogens (tertiary/aromatic N) is 3. The predicted molar refractivity (Wildman–Crippen MR) is 187 cm³/mol. The van der Waals surface area contributed by atoms with Crippen molar-refractivity contribution in [3.8, 4) is 5.75 Å². The minimum absolute atomic E-state index is 0.0640. The smallest absolute Gasteiger partial charge is 0.313 e. The summed E-state index contributed by atoms with van der Waals surface area (Å²) < 4.78 is 122. The highest BCUT2D eigenvalue weighted by atomic mass is 19.2. The molecule has 2 heterocycles. The lowest BCUT2D eigenvalue weighted by Crippen LogP contribution is -2.52. The quantitative estimate of drug-likeness (QED) is 0.0289. The Morgan fingerprint density at radius 2 is 1.31 bits per heavy atom. The largest absolute Gasteiger partial charge is 0.459 e. The highest BCUT2D eigenvalue weighted by Crippen LogP contribution is 2.29. The van der Waals surface area contributed by atoms with E-state index < -0.39 is 84.4 Å². The number of aromatic nitrogens is 3. The Labute approximate surface area is 331 Å². The minimum atomic E-state index is -2.36. The third-order valence-corrected chi connectivity index (χ3v) is 8.06. The van der Waals surface area contributed by atoms with E-state index in [2.05, 4.69) is 15.0 Å². The summed E-state index contributed by atoms with van der Waals surface area (Å²) in [5.74, 6) is -15.0. The molecule has 17 nitrogen and oxygen atoms in total. The van der Waals surface area contributed by atoms with Crippen molar-refractivity contribution in [2.75, 3.05) is 92.5 Å². The number of halogens is 5. The summed E-state index contributed by atoms with van der Waals surface area (Å²) >= 11 is 0. The standard InChI is InChI=1S/C36H52F5N3O14/c1-23(2)36(48)57-25-20-28(56-26(22-45)34(25)47)55-7-3-4-24-21-44(43-42-24)6-9-50-11-13-52-15-17-54-19-18-53-16-14-51-12-10-49-8-5-27(46)58-35-32(40)30(38)29(37)31(39)33(35)41/h21,23,25-26,28,34,45,47H,3-20,22H2,1-2H3/t25-,26-,28-,34-/m1/s1. The van der Waals surface area contributed by atoms with E-state index in [1.54, 1.807) is 18.5 Å². The number of esters is 2. The van der Waals surface area contributed by atoms with Crippen LogP contribution in [0.15, 0.2) is 6.20 Å². The van der Waals surface area contributed by atoms with E-state index in [9.17, 15) is 41.8 Å². The predicted octanol–water partition coefficient (Wildman–Crippen LogP) is 2.05. The molecule has 0 radical (unpaired) electrons. The molecular weight excluding hydrogens is 793 g/mol. The molecule has 1 aromatic heterocycles. The molecule has 2 aromatic rings. The molecule has 1 fully saturated rings. The number of ether oxygens (including phenoxy) is 10. The molecule has 22 heteroatoms. The first-order valence-corrected chi connectivity index (χ1v) is 18.8. The van der Waals surface area contributed by atoms with Crippen LogP contribution in [-0.4, -0.2) is 154 Å². The maximum Gasteiger partial charge on any atom is 0.313 e. The Hall–Kier alpha value is -3.45. The van der Waals surface area contributed by atoms with Crippen molar-refractivity contribution in [1.29, 1.82) is 0 Å². The van der Waals surface area contributed by atoms with Crippen LogP contribution in [0.1, 0.15) is 38.8 Å². The molecule has 330 valence electrons. The monoisotopic (exact) mass is 845 g/mol. The summed E-state index contributed by atoms with van der Waals surface area (Å²) in [7, 11) is 0. The van der Waals surface area contributed by atoms with Crippen molar-refractivity contribution in [3.05, 3.63) is 41.0 Å². The van der Waals surface area contributed by atoms with Crippen molar-refractivity contribution in [2.24, 2.45) is 5.92 Å². The fraction of sp³-hybridized carbons (Fsp3) is 0.722. The second-order valence-corrected chi connectivity index (χ2v) is 12.9. The Bertz CT molecular complexity index is 1480. The number of carbonyl (C=O) groups excluding carboxylic acids is 2. The van der Waals surface area contributed by atoms with Gasteiger partial charge in [0.1, 0.15) is 18.3 Å². The van der Waals surface area contributed by atoms with E-state index in [0.717, 1.165) is 5.69 Å². The van der Waals surface area contributed by atoms with E-state index in [0.29, 0.717) is 72.2 Å². The van der Waals surface area contributed by atoms with Crippen LogP contribution in [0.2, 0.25) is 0 Å². The summed E-state index contributed by atoms with van der Waals surface area (Å²) in [4.78, 5) is 23.7. The van der Waals surface area contributed by atoms with Gasteiger partial charge in [-0.2, -0.15) is 8.78 Å². The van der Waals surface area contributed by atoms with Crippen LogP contribution in [0.4, 0.5) is 22.0 Å². The molecule has 0 saturated carbocycles. The summed E-state index contributed by atoms with van der Waals surface area (Å²) in [6.45, 7) is 6.90. The van der Waals surface area contributed by atoms with Gasteiger partial charge in [-0.05, 0) is 12.8 Å². The number of benzene rings is 1. The lowest BCUT2D eigenvalue weighted by atomic mass is 10.0. The van der Waals surface area contributed by atoms with Crippen LogP contribution in [0.3, 0.4) is 0 Å². The molecule has 0 unspecified atom stereocenters. The fourth-order valence-electron chi connectivity index (χ4n) is 4.95. The lowest BCUT2D eigenvalue weighted by Gasteiger charge is -2.38. The molecule has 1 aliphatic rings. The number of hydrogen-bond acceptors (Lipinski definition) is 16. The zero-order chi connectivity index (χ0) is 42.3. The molecule has 58 heavy (non-hydrogen) atoms. The highest BCUT2D eigenvalue weighted by Gasteiger charge is 2.40. The van der Waals surface area contributed by atoms with Crippen molar-refractivity contribution in [3.63, 3.8) is 0 Å². The second-order valence-electron chi connectivity index (χ2n) is 12.9. The van der Waals surface area contributed by atoms with Crippen molar-refractivity contribution in [2.45, 2.75) is 70.7 Å². The summed E-state index contributed by atoms with van der Waals surface area (Å²) in [6.07, 6.45) is -0.943. The summed E-state index contributed by atoms with van der Waals surface area (Å²) in [6, 6.07) is 0. The van der Waals surface area contributed by atoms with Crippen molar-refractivity contribution < 1.29 is 89.1 Å². The molecule has 1 aromatic carbocycles. The van der Waals surface area contributed by atoms with Gasteiger partial charge in [-0.3, -0.25) is 9.59 Å². The molecule has 1 aliphatic heterocycles. The van der Waals surface area contributed by atoms with Gasteiger partial charge in [0.25, 0.3) is 0 Å². The van der Waals surface area contributed by atoms with Gasteiger partial charge in [0.15, 0.2) is 6.29 Å². The molecule has 0 spiro atoms. The van der Waals surface area contributed by atoms with Crippen LogP contribution < -0.4 is 4.74 Å². The van der Waals surface area contributed by atoms with E-state index in [-0.39, 0.29) is 45.4 Å². The Morgan fingerprint density at radius 1 is 0.793 bits per heavy atom. The number of carbonyl (C=O) groups is 2. The number of aliphatic hydroxyl groups is 2. The average molecular weight is 846 g/mol. The van der Waals surface area contributed by atoms with Gasteiger partial charge in [-0.15, -0.1) is 5.10 Å². The molecule has 2 N–H and O–H groups in total. The Morgan fingerprint density at radius 3 is 1.84 bits per heavy atom. The van der Waals surface area contributed by atoms with Gasteiger partial charge in [0, 0.05) is 12.6 Å². The maximum absolute atomic E-state index is 13.6. The first kappa shape index (κ1) is 48.9. The first-order chi connectivity index (χ1) is 27.9. The minimum Gasteiger partial charge on any atom is -0.459 e. The van der Waals surface area contributed by atoms with Crippen LogP contribution in [0.25, 0.3) is 0 Å². The maximum atomic E-state index is 13.6. The number of rotatable bonds is 30. The van der Waals surface area contributed by atoms with E-state index in [4.69, 9.17) is 42.6 Å². The van der Waals surface area contributed by atoms with Crippen molar-refractivity contribution >= 4 is 11.9 Å². The number of aliphatic hydroxyl groups excluding tert-OH is 2. The Balaban J connectivity index is 1.07. The summed E-state index contributed by atoms with van der Waals surface area (Å²) in [5.41, 5.74) is 0.775. The SMILES string of the molecule is CC(C)C(=O)O[C@@H]1C[C@H](OCCCc2cn(CCOCCOCCOCCOCCOCCOCCC(=O)Oc3c(F)c(F)c(F)c(F)c3F)nn2)O[C@H](CO)[C@@H]1O. The van der Waals surface area contributed by atoms with Gasteiger partial charge >= 0.3 is 11.9 Å². The molecule has 0 bridgehead atoms. The normalized spacial score (nSPS) is 18.2. The third kappa shape index (κ3) is 17.4. The molecule has 0 amide bonds. The fourth-order valence-corrected chi connectivity index (χ4v) is 4.95. The zero-order valence-corrected chi connectivity index (χ0v) is 32.4. The van der Waals surface area contributed by atoms with Crippen LogP contribution in [0, 0.1) is 35.0 Å². The molecule has 3 rings (SSSR count). The molecule has 4 atom stereocenters. The van der Waals surface area contributed by atoms with Gasteiger partial charge in [-0.1, -0.05) is 19.1 Å².